The van der Waals surface area contributed by atoms with Gasteiger partial charge in [-0.15, -0.1) is 0 Å². The molecule has 0 aromatic carbocycles. The van der Waals surface area contributed by atoms with Gasteiger partial charge in [-0.05, 0) is 40.0 Å². The molecule has 116 valence electrons. The van der Waals surface area contributed by atoms with Crippen molar-refractivity contribution in [1.82, 2.24) is 5.32 Å². The number of rotatable bonds is 6. The summed E-state index contributed by atoms with van der Waals surface area (Å²) >= 11 is 0. The first-order valence-corrected chi connectivity index (χ1v) is 6.60. The molecular formula is C14H25NO5. The summed E-state index contributed by atoms with van der Waals surface area (Å²) in [6.07, 6.45) is 2.12. The van der Waals surface area contributed by atoms with Gasteiger partial charge in [-0.25, -0.2) is 9.59 Å². The Morgan fingerprint density at radius 3 is 2.30 bits per heavy atom. The fourth-order valence-corrected chi connectivity index (χ4v) is 1.55. The van der Waals surface area contributed by atoms with Gasteiger partial charge in [-0.3, -0.25) is 0 Å². The molecule has 6 heteroatoms. The number of carboxylic acid groups (broad SMARTS) is 1. The molecule has 1 amide bonds. The van der Waals surface area contributed by atoms with Gasteiger partial charge in [0, 0.05) is 0 Å². The third-order valence-corrected chi connectivity index (χ3v) is 2.61. The Morgan fingerprint density at radius 1 is 1.35 bits per heavy atom. The second-order valence-corrected chi connectivity index (χ2v) is 5.73. The number of carbonyl (C=O) groups excluding carboxylic acids is 1. The van der Waals surface area contributed by atoms with E-state index in [9.17, 15) is 14.7 Å². The van der Waals surface area contributed by atoms with E-state index in [1.165, 1.54) is 0 Å². The van der Waals surface area contributed by atoms with E-state index < -0.39 is 29.8 Å². The number of amides is 1. The zero-order chi connectivity index (χ0) is 15.9. The SMILES string of the molecule is C/C=C/C[C@@H](C)[C@@H](O)[C@H](NC(=O)OC(C)(C)C)C(=O)O. The fraction of sp³-hybridized carbons (Fsp3) is 0.714. The fourth-order valence-electron chi connectivity index (χ4n) is 1.55. The molecule has 0 radical (unpaired) electrons. The van der Waals surface area contributed by atoms with Gasteiger partial charge in [-0.2, -0.15) is 0 Å². The van der Waals surface area contributed by atoms with Crippen molar-refractivity contribution in [1.29, 1.82) is 0 Å². The topological polar surface area (TPSA) is 95.9 Å². The Hall–Kier alpha value is -1.56. The van der Waals surface area contributed by atoms with Gasteiger partial charge >= 0.3 is 12.1 Å². The van der Waals surface area contributed by atoms with E-state index in [2.05, 4.69) is 5.32 Å². The van der Waals surface area contributed by atoms with E-state index in [4.69, 9.17) is 9.84 Å². The van der Waals surface area contributed by atoms with E-state index in [-0.39, 0.29) is 5.92 Å². The Balaban J connectivity index is 4.72. The molecule has 0 saturated heterocycles. The van der Waals surface area contributed by atoms with Crippen molar-refractivity contribution in [2.75, 3.05) is 0 Å². The summed E-state index contributed by atoms with van der Waals surface area (Å²) < 4.78 is 4.99. The Bertz CT molecular complexity index is 359. The van der Waals surface area contributed by atoms with Crippen LogP contribution in [0.2, 0.25) is 0 Å². The van der Waals surface area contributed by atoms with Crippen LogP contribution in [0.1, 0.15) is 41.0 Å². The first-order chi connectivity index (χ1) is 9.08. The minimum Gasteiger partial charge on any atom is -0.480 e. The molecule has 0 fully saturated rings. The molecule has 0 bridgehead atoms. The van der Waals surface area contributed by atoms with E-state index in [0.29, 0.717) is 6.42 Å². The van der Waals surface area contributed by atoms with Gasteiger partial charge in [0.05, 0.1) is 6.10 Å². The molecule has 0 rings (SSSR count). The molecule has 0 aromatic heterocycles. The van der Waals surface area contributed by atoms with Crippen LogP contribution in [0.3, 0.4) is 0 Å². The number of hydrogen-bond acceptors (Lipinski definition) is 4. The normalized spacial score (nSPS) is 16.5. The summed E-state index contributed by atoms with van der Waals surface area (Å²) in [5, 5.41) is 21.3. The molecule has 0 heterocycles. The third-order valence-electron chi connectivity index (χ3n) is 2.61. The monoisotopic (exact) mass is 287 g/mol. The van der Waals surface area contributed by atoms with Crippen LogP contribution in [0.25, 0.3) is 0 Å². The largest absolute Gasteiger partial charge is 0.480 e. The van der Waals surface area contributed by atoms with Crippen molar-refractivity contribution in [3.8, 4) is 0 Å². The lowest BCUT2D eigenvalue weighted by molar-refractivity contribution is -0.143. The summed E-state index contributed by atoms with van der Waals surface area (Å²) in [4.78, 5) is 22.8. The second kappa shape index (κ2) is 7.89. The lowest BCUT2D eigenvalue weighted by Gasteiger charge is -2.26. The Labute approximate surface area is 119 Å². The highest BCUT2D eigenvalue weighted by Gasteiger charge is 2.33. The summed E-state index contributed by atoms with van der Waals surface area (Å²) in [5.74, 6) is -1.60. The van der Waals surface area contributed by atoms with Gasteiger partial charge < -0.3 is 20.3 Å². The van der Waals surface area contributed by atoms with Gasteiger partial charge in [0.15, 0.2) is 6.04 Å². The van der Waals surface area contributed by atoms with Crippen molar-refractivity contribution in [2.45, 2.75) is 58.8 Å². The number of allylic oxidation sites excluding steroid dienone is 2. The number of nitrogens with one attached hydrogen (secondary N) is 1. The molecule has 0 unspecified atom stereocenters. The van der Waals surface area contributed by atoms with Crippen molar-refractivity contribution in [3.05, 3.63) is 12.2 Å². The van der Waals surface area contributed by atoms with Gasteiger partial charge in [0.25, 0.3) is 0 Å². The van der Waals surface area contributed by atoms with Crippen LogP contribution >= 0.6 is 0 Å². The van der Waals surface area contributed by atoms with Crippen LogP contribution in [-0.2, 0) is 9.53 Å². The molecule has 0 aliphatic carbocycles. The maximum absolute atomic E-state index is 11.6. The predicted octanol–water partition coefficient (Wildman–Crippen LogP) is 1.93. The van der Waals surface area contributed by atoms with Crippen LogP contribution in [0.4, 0.5) is 4.79 Å². The zero-order valence-corrected chi connectivity index (χ0v) is 12.7. The molecule has 0 aromatic rings. The van der Waals surface area contributed by atoms with Crippen molar-refractivity contribution in [3.63, 3.8) is 0 Å². The predicted molar refractivity (Wildman–Crippen MR) is 75.4 cm³/mol. The van der Waals surface area contributed by atoms with Crippen molar-refractivity contribution >= 4 is 12.1 Å². The average molecular weight is 287 g/mol. The number of hydrogen-bond donors (Lipinski definition) is 3. The second-order valence-electron chi connectivity index (χ2n) is 5.73. The summed E-state index contributed by atoms with van der Waals surface area (Å²) in [7, 11) is 0. The molecule has 6 nitrogen and oxygen atoms in total. The first kappa shape index (κ1) is 18.4. The number of aliphatic hydroxyl groups is 1. The van der Waals surface area contributed by atoms with Crippen LogP contribution in [0.5, 0.6) is 0 Å². The van der Waals surface area contributed by atoms with E-state index in [0.717, 1.165) is 0 Å². The molecular weight excluding hydrogens is 262 g/mol. The van der Waals surface area contributed by atoms with Crippen molar-refractivity contribution < 1.29 is 24.5 Å². The minimum absolute atomic E-state index is 0.303. The quantitative estimate of drug-likeness (QED) is 0.649. The number of carbonyl (C=O) groups is 2. The maximum Gasteiger partial charge on any atom is 0.408 e. The Morgan fingerprint density at radius 2 is 1.90 bits per heavy atom. The van der Waals surface area contributed by atoms with Gasteiger partial charge in [0.1, 0.15) is 5.60 Å². The highest BCUT2D eigenvalue weighted by atomic mass is 16.6. The molecule has 3 N–H and O–H groups in total. The summed E-state index contributed by atoms with van der Waals surface area (Å²) in [6, 6.07) is -1.40. The molecule has 0 spiro atoms. The minimum atomic E-state index is -1.40. The molecule has 0 aliphatic heterocycles. The Kier molecular flexibility index (Phi) is 7.28. The van der Waals surface area contributed by atoms with Crippen LogP contribution in [0, 0.1) is 5.92 Å². The highest BCUT2D eigenvalue weighted by Crippen LogP contribution is 2.14. The van der Waals surface area contributed by atoms with Crippen LogP contribution in [-0.4, -0.2) is 40.0 Å². The molecule has 20 heavy (non-hydrogen) atoms. The van der Waals surface area contributed by atoms with Gasteiger partial charge in [-0.1, -0.05) is 19.1 Å². The maximum atomic E-state index is 11.6. The van der Waals surface area contributed by atoms with E-state index in [1.807, 2.05) is 19.1 Å². The number of carboxylic acids is 1. The lowest BCUT2D eigenvalue weighted by Crippen LogP contribution is -2.52. The van der Waals surface area contributed by atoms with Gasteiger partial charge in [0.2, 0.25) is 0 Å². The smallest absolute Gasteiger partial charge is 0.408 e. The molecule has 3 atom stereocenters. The van der Waals surface area contributed by atoms with E-state index >= 15 is 0 Å². The third kappa shape index (κ3) is 7.13. The summed E-state index contributed by atoms with van der Waals surface area (Å²) in [5.41, 5.74) is -0.728. The highest BCUT2D eigenvalue weighted by molar-refractivity contribution is 5.80. The van der Waals surface area contributed by atoms with Crippen molar-refractivity contribution in [2.24, 2.45) is 5.92 Å². The van der Waals surface area contributed by atoms with Crippen LogP contribution < -0.4 is 5.32 Å². The number of ether oxygens (including phenoxy) is 1. The molecule has 0 saturated carbocycles. The van der Waals surface area contributed by atoms with E-state index in [1.54, 1.807) is 27.7 Å². The zero-order valence-electron chi connectivity index (χ0n) is 12.7. The number of alkyl carbamates (subject to hydrolysis) is 1. The number of aliphatic carboxylic acids is 1. The standard InChI is InChI=1S/C14H25NO5/c1-6-7-8-9(2)11(16)10(12(17)18)15-13(19)20-14(3,4)5/h6-7,9-11,16H,8H2,1-5H3,(H,15,19)(H,17,18)/b7-6+/t9-,10+,11-/m1/s1. The van der Waals surface area contributed by atoms with Crippen LogP contribution in [0.15, 0.2) is 12.2 Å². The first-order valence-electron chi connectivity index (χ1n) is 6.60. The average Bonchev–Trinajstić information content (AvgIpc) is 2.29. The molecule has 0 aliphatic rings. The number of aliphatic hydroxyl groups excluding tert-OH is 1. The summed E-state index contributed by atoms with van der Waals surface area (Å²) in [6.45, 7) is 8.58. The lowest BCUT2D eigenvalue weighted by atomic mass is 9.94.